The van der Waals surface area contributed by atoms with E-state index in [1.807, 2.05) is 45.5 Å². The number of amides is 2. The lowest BCUT2D eigenvalue weighted by Crippen LogP contribution is -2.52. The number of carbonyl (C=O) groups excluding carboxylic acids is 2. The Hall–Kier alpha value is -2.18. The lowest BCUT2D eigenvalue weighted by atomic mass is 10.0. The van der Waals surface area contributed by atoms with E-state index in [4.69, 9.17) is 0 Å². The summed E-state index contributed by atoms with van der Waals surface area (Å²) in [5.74, 6) is 0.270. The predicted molar refractivity (Wildman–Crippen MR) is 104 cm³/mol. The molecule has 4 rings (SSSR count). The number of benzene rings is 1. The van der Waals surface area contributed by atoms with Gasteiger partial charge in [-0.25, -0.2) is 0 Å². The minimum absolute atomic E-state index is 0.107. The molecule has 0 unspecified atom stereocenters. The molecule has 26 heavy (non-hydrogen) atoms. The number of aryl methyl sites for hydroxylation is 1. The molecule has 6 heteroatoms. The number of fused-ring (bicyclic) bond motifs is 1. The van der Waals surface area contributed by atoms with E-state index in [1.54, 1.807) is 0 Å². The van der Waals surface area contributed by atoms with Crippen molar-refractivity contribution in [2.24, 2.45) is 0 Å². The Morgan fingerprint density at radius 3 is 2.54 bits per heavy atom. The molecule has 1 fully saturated rings. The maximum atomic E-state index is 12.8. The van der Waals surface area contributed by atoms with E-state index >= 15 is 0 Å². The lowest BCUT2D eigenvalue weighted by Gasteiger charge is -2.36. The zero-order valence-corrected chi connectivity index (χ0v) is 15.6. The molecule has 2 amide bonds. The molecule has 0 saturated carbocycles. The van der Waals surface area contributed by atoms with Crippen molar-refractivity contribution in [2.45, 2.75) is 12.8 Å². The van der Waals surface area contributed by atoms with Crippen molar-refractivity contribution < 1.29 is 9.59 Å². The Bertz CT molecular complexity index is 782. The standard InChI is InChI=1S/C20H23N3O2S/c24-19(23-9-3-6-16-5-1-2-7-17(16)23)15-21-10-12-22(13-11-21)20(25)18-8-4-14-26-18/h1-2,4-5,7-8,14H,3,6,9-13,15H2. The molecule has 136 valence electrons. The van der Waals surface area contributed by atoms with Crippen molar-refractivity contribution in [1.29, 1.82) is 0 Å². The largest absolute Gasteiger partial charge is 0.335 e. The van der Waals surface area contributed by atoms with E-state index < -0.39 is 0 Å². The summed E-state index contributed by atoms with van der Waals surface area (Å²) < 4.78 is 0. The highest BCUT2D eigenvalue weighted by Crippen LogP contribution is 2.26. The monoisotopic (exact) mass is 369 g/mol. The molecule has 0 N–H and O–H groups in total. The van der Waals surface area contributed by atoms with Gasteiger partial charge in [0.1, 0.15) is 0 Å². The van der Waals surface area contributed by atoms with E-state index in [-0.39, 0.29) is 11.8 Å². The molecule has 0 bridgehead atoms. The van der Waals surface area contributed by atoms with Gasteiger partial charge in [0.2, 0.25) is 5.91 Å². The van der Waals surface area contributed by atoms with Crippen LogP contribution in [-0.2, 0) is 11.2 Å². The summed E-state index contributed by atoms with van der Waals surface area (Å²) in [6.07, 6.45) is 2.06. The number of thiophene rings is 1. The molecule has 1 aromatic heterocycles. The third-order valence-electron chi connectivity index (χ3n) is 5.16. The number of rotatable bonds is 3. The topological polar surface area (TPSA) is 43.9 Å². The average molecular weight is 369 g/mol. The third kappa shape index (κ3) is 3.52. The molecule has 1 saturated heterocycles. The van der Waals surface area contributed by atoms with Crippen molar-refractivity contribution in [2.75, 3.05) is 44.2 Å². The number of piperazine rings is 1. The van der Waals surface area contributed by atoms with Crippen LogP contribution in [0.4, 0.5) is 5.69 Å². The Kier molecular flexibility index (Phi) is 5.04. The summed E-state index contributed by atoms with van der Waals surface area (Å²) >= 11 is 1.48. The second kappa shape index (κ2) is 7.60. The summed E-state index contributed by atoms with van der Waals surface area (Å²) in [5.41, 5.74) is 2.33. The highest BCUT2D eigenvalue weighted by atomic mass is 32.1. The Morgan fingerprint density at radius 2 is 1.77 bits per heavy atom. The molecule has 0 atom stereocenters. The quantitative estimate of drug-likeness (QED) is 0.835. The van der Waals surface area contributed by atoms with Crippen LogP contribution in [0.25, 0.3) is 0 Å². The second-order valence-electron chi connectivity index (χ2n) is 6.82. The molecule has 1 aromatic carbocycles. The zero-order valence-electron chi connectivity index (χ0n) is 14.8. The van der Waals surface area contributed by atoms with Crippen LogP contribution in [0.2, 0.25) is 0 Å². The predicted octanol–water partition coefficient (Wildman–Crippen LogP) is 2.49. The molecule has 2 aliphatic rings. The number of hydrogen-bond acceptors (Lipinski definition) is 4. The number of nitrogens with zero attached hydrogens (tertiary/aromatic N) is 3. The van der Waals surface area contributed by atoms with Gasteiger partial charge in [-0.15, -0.1) is 11.3 Å². The van der Waals surface area contributed by atoms with E-state index in [9.17, 15) is 9.59 Å². The van der Waals surface area contributed by atoms with Gasteiger partial charge in [-0.3, -0.25) is 14.5 Å². The molecule has 0 radical (unpaired) electrons. The summed E-state index contributed by atoms with van der Waals surface area (Å²) in [6, 6.07) is 12.0. The normalized spacial score (nSPS) is 17.8. The minimum Gasteiger partial charge on any atom is -0.335 e. The second-order valence-corrected chi connectivity index (χ2v) is 7.77. The van der Waals surface area contributed by atoms with Crippen molar-refractivity contribution >= 4 is 28.8 Å². The van der Waals surface area contributed by atoms with Gasteiger partial charge < -0.3 is 9.80 Å². The van der Waals surface area contributed by atoms with Gasteiger partial charge in [-0.2, -0.15) is 0 Å². The third-order valence-corrected chi connectivity index (χ3v) is 6.02. The Labute approximate surface area is 157 Å². The fourth-order valence-electron chi connectivity index (χ4n) is 3.73. The van der Waals surface area contributed by atoms with Crippen LogP contribution >= 0.6 is 11.3 Å². The van der Waals surface area contributed by atoms with Gasteiger partial charge in [0, 0.05) is 38.4 Å². The van der Waals surface area contributed by atoms with E-state index in [0.29, 0.717) is 19.6 Å². The first-order chi connectivity index (χ1) is 12.7. The van der Waals surface area contributed by atoms with Crippen molar-refractivity contribution in [3.63, 3.8) is 0 Å². The van der Waals surface area contributed by atoms with Crippen LogP contribution in [0, 0.1) is 0 Å². The summed E-state index contributed by atoms with van der Waals surface area (Å²) in [7, 11) is 0. The van der Waals surface area contributed by atoms with Crippen LogP contribution in [0.15, 0.2) is 41.8 Å². The van der Waals surface area contributed by atoms with Crippen LogP contribution in [0.5, 0.6) is 0 Å². The highest BCUT2D eigenvalue weighted by Gasteiger charge is 2.27. The first-order valence-corrected chi connectivity index (χ1v) is 10.0. The summed E-state index contributed by atoms with van der Waals surface area (Å²) in [4.78, 5) is 32.0. The zero-order chi connectivity index (χ0) is 17.9. The molecule has 0 aliphatic carbocycles. The van der Waals surface area contributed by atoms with E-state index in [0.717, 1.165) is 43.0 Å². The minimum atomic E-state index is 0.107. The van der Waals surface area contributed by atoms with Crippen LogP contribution < -0.4 is 4.90 Å². The highest BCUT2D eigenvalue weighted by molar-refractivity contribution is 7.12. The molecule has 2 aromatic rings. The first-order valence-electron chi connectivity index (χ1n) is 9.16. The number of anilines is 1. The molecular formula is C20H23N3O2S. The van der Waals surface area contributed by atoms with Crippen LogP contribution in [-0.4, -0.2) is 60.9 Å². The van der Waals surface area contributed by atoms with Gasteiger partial charge in [0.25, 0.3) is 5.91 Å². The molecule has 5 nitrogen and oxygen atoms in total. The van der Waals surface area contributed by atoms with Crippen LogP contribution in [0.3, 0.4) is 0 Å². The molecule has 3 heterocycles. The number of carbonyl (C=O) groups is 2. The van der Waals surface area contributed by atoms with Gasteiger partial charge in [-0.1, -0.05) is 24.3 Å². The molecular weight excluding hydrogens is 346 g/mol. The summed E-state index contributed by atoms with van der Waals surface area (Å²) in [5, 5.41) is 1.93. The maximum Gasteiger partial charge on any atom is 0.264 e. The van der Waals surface area contributed by atoms with E-state index in [1.165, 1.54) is 16.9 Å². The van der Waals surface area contributed by atoms with Crippen LogP contribution in [0.1, 0.15) is 21.7 Å². The summed E-state index contributed by atoms with van der Waals surface area (Å²) in [6.45, 7) is 4.08. The fraction of sp³-hybridized carbons (Fsp3) is 0.400. The van der Waals surface area contributed by atoms with Gasteiger partial charge in [0.05, 0.1) is 11.4 Å². The number of hydrogen-bond donors (Lipinski definition) is 0. The van der Waals surface area contributed by atoms with Gasteiger partial charge in [0.15, 0.2) is 0 Å². The number of para-hydroxylation sites is 1. The molecule has 2 aliphatic heterocycles. The first kappa shape index (κ1) is 17.2. The Morgan fingerprint density at radius 1 is 0.962 bits per heavy atom. The van der Waals surface area contributed by atoms with Crippen molar-refractivity contribution in [3.8, 4) is 0 Å². The van der Waals surface area contributed by atoms with Crippen molar-refractivity contribution in [3.05, 3.63) is 52.2 Å². The average Bonchev–Trinajstić information content (AvgIpc) is 3.22. The van der Waals surface area contributed by atoms with Crippen molar-refractivity contribution in [1.82, 2.24) is 9.80 Å². The smallest absolute Gasteiger partial charge is 0.264 e. The maximum absolute atomic E-state index is 12.8. The molecule has 0 spiro atoms. The Balaban J connectivity index is 1.34. The van der Waals surface area contributed by atoms with Gasteiger partial charge >= 0.3 is 0 Å². The fourth-order valence-corrected chi connectivity index (χ4v) is 4.43. The SMILES string of the molecule is O=C(c1cccs1)N1CCN(CC(=O)N2CCCc3ccccc32)CC1. The van der Waals surface area contributed by atoms with Gasteiger partial charge in [-0.05, 0) is 35.9 Å². The lowest BCUT2D eigenvalue weighted by molar-refractivity contribution is -0.120. The van der Waals surface area contributed by atoms with E-state index in [2.05, 4.69) is 11.0 Å².